The van der Waals surface area contributed by atoms with Crippen molar-refractivity contribution in [1.82, 2.24) is 15.1 Å². The van der Waals surface area contributed by atoms with Crippen LogP contribution in [0.3, 0.4) is 0 Å². The predicted molar refractivity (Wildman–Crippen MR) is 155 cm³/mol. The molecule has 1 aliphatic heterocycles. The summed E-state index contributed by atoms with van der Waals surface area (Å²) in [6.07, 6.45) is 0.706. The van der Waals surface area contributed by atoms with Gasteiger partial charge in [-0.05, 0) is 72.5 Å². The third-order valence-corrected chi connectivity index (χ3v) is 8.05. The van der Waals surface area contributed by atoms with Crippen molar-refractivity contribution in [2.45, 2.75) is 44.6 Å². The van der Waals surface area contributed by atoms with Crippen LogP contribution in [0.1, 0.15) is 51.7 Å². The maximum absolute atomic E-state index is 14.5. The van der Waals surface area contributed by atoms with Crippen LogP contribution in [-0.4, -0.2) is 65.0 Å². The van der Waals surface area contributed by atoms with E-state index in [0.29, 0.717) is 55.0 Å². The molecule has 2 amide bonds. The summed E-state index contributed by atoms with van der Waals surface area (Å²) in [4.78, 5) is 29.2. The number of aryl methyl sites for hydroxylation is 1. The fourth-order valence-electron chi connectivity index (χ4n) is 5.72. The molecular formula is C33H36FN3O4. The van der Waals surface area contributed by atoms with E-state index in [0.717, 1.165) is 11.1 Å². The summed E-state index contributed by atoms with van der Waals surface area (Å²) in [5.41, 5.74) is 3.69. The van der Waals surface area contributed by atoms with E-state index in [1.165, 1.54) is 12.1 Å². The molecule has 7 nitrogen and oxygen atoms in total. The molecule has 0 radical (unpaired) electrons. The normalized spacial score (nSPS) is 21.2. The van der Waals surface area contributed by atoms with Gasteiger partial charge in [-0.15, -0.1) is 0 Å². The Hall–Kier alpha value is -4.01. The van der Waals surface area contributed by atoms with Crippen LogP contribution in [0, 0.1) is 12.7 Å². The number of ether oxygens (including phenoxy) is 1. The number of hydrogen-bond donors (Lipinski definition) is 2. The van der Waals surface area contributed by atoms with Gasteiger partial charge in [-0.1, -0.05) is 43.0 Å². The van der Waals surface area contributed by atoms with Gasteiger partial charge in [-0.3, -0.25) is 14.5 Å². The monoisotopic (exact) mass is 557 g/mol. The number of hydrogen-bond acceptors (Lipinski definition) is 5. The molecular weight excluding hydrogens is 521 g/mol. The van der Waals surface area contributed by atoms with Crippen LogP contribution in [0.4, 0.5) is 4.39 Å². The number of rotatable bonds is 8. The third kappa shape index (κ3) is 6.34. The molecule has 1 saturated heterocycles. The predicted octanol–water partition coefficient (Wildman–Crippen LogP) is 4.36. The Bertz CT molecular complexity index is 1430. The zero-order valence-corrected chi connectivity index (χ0v) is 23.4. The summed E-state index contributed by atoms with van der Waals surface area (Å²) >= 11 is 0. The van der Waals surface area contributed by atoms with E-state index in [1.807, 2.05) is 37.3 Å². The SMILES string of the molecule is C=CC(=O)N1CCN(C[C@H](Oc2ccc(C(=O)N[C@@H]3c4ccccc4CC3O)cc2)c2ccc(C)c(F)c2)C[C@H]1C. The molecule has 3 aromatic rings. The Labute approximate surface area is 240 Å². The highest BCUT2D eigenvalue weighted by Gasteiger charge is 2.32. The van der Waals surface area contributed by atoms with Crippen molar-refractivity contribution in [1.29, 1.82) is 0 Å². The second-order valence-electron chi connectivity index (χ2n) is 10.9. The fourth-order valence-corrected chi connectivity index (χ4v) is 5.72. The molecule has 5 rings (SSSR count). The molecule has 1 fully saturated rings. The summed E-state index contributed by atoms with van der Waals surface area (Å²) in [6.45, 7) is 9.72. The second kappa shape index (κ2) is 12.2. The first-order chi connectivity index (χ1) is 19.7. The van der Waals surface area contributed by atoms with Crippen LogP contribution in [0.25, 0.3) is 0 Å². The minimum atomic E-state index is -0.672. The molecule has 0 bridgehead atoms. The number of nitrogens with zero attached hydrogens (tertiary/aromatic N) is 2. The van der Waals surface area contributed by atoms with Crippen LogP contribution in [0.2, 0.25) is 0 Å². The Morgan fingerprint density at radius 1 is 1.15 bits per heavy atom. The number of halogens is 1. The minimum absolute atomic E-state index is 0.00722. The summed E-state index contributed by atoms with van der Waals surface area (Å²) in [7, 11) is 0. The van der Waals surface area contributed by atoms with Gasteiger partial charge >= 0.3 is 0 Å². The van der Waals surface area contributed by atoms with E-state index in [9.17, 15) is 19.1 Å². The highest BCUT2D eigenvalue weighted by Crippen LogP contribution is 2.32. The van der Waals surface area contributed by atoms with Gasteiger partial charge in [0, 0.05) is 44.2 Å². The lowest BCUT2D eigenvalue weighted by Gasteiger charge is -2.40. The van der Waals surface area contributed by atoms with Crippen LogP contribution in [0.15, 0.2) is 79.4 Å². The Morgan fingerprint density at radius 2 is 1.90 bits per heavy atom. The summed E-state index contributed by atoms with van der Waals surface area (Å²) in [6, 6.07) is 19.2. The maximum Gasteiger partial charge on any atom is 0.251 e. The van der Waals surface area contributed by atoms with Gasteiger partial charge in [0.05, 0.1) is 12.1 Å². The standard InChI is InChI=1S/C33H36FN3O4/c1-4-31(39)37-16-15-36(19-22(37)3)20-30(25-10-9-21(2)28(34)17-25)41-26-13-11-23(12-14-26)33(40)35-32-27-8-6-5-7-24(27)18-29(32)38/h4-14,17,22,29-30,32,38H,1,15-16,18-20H2,2-3H3,(H,35,40)/t22-,29?,30+,32-/m1/s1. The third-order valence-electron chi connectivity index (χ3n) is 8.05. The summed E-state index contributed by atoms with van der Waals surface area (Å²) in [5, 5.41) is 13.5. The van der Waals surface area contributed by atoms with Crippen molar-refractivity contribution >= 4 is 11.8 Å². The fraction of sp³-hybridized carbons (Fsp3) is 0.333. The minimum Gasteiger partial charge on any atom is -0.484 e. The molecule has 214 valence electrons. The van der Waals surface area contributed by atoms with E-state index < -0.39 is 18.2 Å². The number of carbonyl (C=O) groups excluding carboxylic acids is 2. The number of aliphatic hydroxyl groups is 1. The zero-order chi connectivity index (χ0) is 29.1. The Morgan fingerprint density at radius 3 is 2.61 bits per heavy atom. The van der Waals surface area contributed by atoms with Crippen LogP contribution < -0.4 is 10.1 Å². The lowest BCUT2D eigenvalue weighted by atomic mass is 10.0. The number of aliphatic hydroxyl groups excluding tert-OH is 1. The Balaban J connectivity index is 1.29. The van der Waals surface area contributed by atoms with Crippen molar-refractivity contribution in [3.63, 3.8) is 0 Å². The van der Waals surface area contributed by atoms with Crippen molar-refractivity contribution in [3.05, 3.63) is 113 Å². The van der Waals surface area contributed by atoms with Gasteiger partial charge in [-0.25, -0.2) is 4.39 Å². The zero-order valence-electron chi connectivity index (χ0n) is 23.4. The van der Waals surface area contributed by atoms with E-state index >= 15 is 0 Å². The number of fused-ring (bicyclic) bond motifs is 1. The molecule has 0 spiro atoms. The smallest absolute Gasteiger partial charge is 0.251 e. The van der Waals surface area contributed by atoms with E-state index in [2.05, 4.69) is 16.8 Å². The van der Waals surface area contributed by atoms with E-state index in [4.69, 9.17) is 4.74 Å². The molecule has 1 aliphatic carbocycles. The van der Waals surface area contributed by atoms with Gasteiger partial charge in [0.2, 0.25) is 5.91 Å². The van der Waals surface area contributed by atoms with Gasteiger partial charge < -0.3 is 20.1 Å². The number of nitrogens with one attached hydrogen (secondary N) is 1. The molecule has 0 aromatic heterocycles. The average molecular weight is 558 g/mol. The van der Waals surface area contributed by atoms with Gasteiger partial charge in [0.25, 0.3) is 5.91 Å². The number of piperazine rings is 1. The largest absolute Gasteiger partial charge is 0.484 e. The number of benzene rings is 3. The van der Waals surface area contributed by atoms with Crippen molar-refractivity contribution in [2.75, 3.05) is 26.2 Å². The topological polar surface area (TPSA) is 82.1 Å². The second-order valence-corrected chi connectivity index (χ2v) is 10.9. The molecule has 8 heteroatoms. The van der Waals surface area contributed by atoms with Crippen LogP contribution in [0.5, 0.6) is 5.75 Å². The van der Waals surface area contributed by atoms with E-state index in [1.54, 1.807) is 42.2 Å². The maximum atomic E-state index is 14.5. The van der Waals surface area contributed by atoms with Crippen molar-refractivity contribution < 1.29 is 23.8 Å². The molecule has 0 saturated carbocycles. The number of carbonyl (C=O) groups is 2. The van der Waals surface area contributed by atoms with Gasteiger partial charge in [0.1, 0.15) is 17.7 Å². The quantitative estimate of drug-likeness (QED) is 0.403. The van der Waals surface area contributed by atoms with Crippen molar-refractivity contribution in [2.24, 2.45) is 0 Å². The molecule has 1 unspecified atom stereocenters. The van der Waals surface area contributed by atoms with Gasteiger partial charge in [0.15, 0.2) is 0 Å². The Kier molecular flexibility index (Phi) is 8.52. The lowest BCUT2D eigenvalue weighted by molar-refractivity contribution is -0.130. The summed E-state index contributed by atoms with van der Waals surface area (Å²) in [5.74, 6) is -0.113. The van der Waals surface area contributed by atoms with Crippen molar-refractivity contribution in [3.8, 4) is 5.75 Å². The average Bonchev–Trinajstić information content (AvgIpc) is 3.28. The van der Waals surface area contributed by atoms with Gasteiger partial charge in [-0.2, -0.15) is 0 Å². The molecule has 4 atom stereocenters. The summed E-state index contributed by atoms with van der Waals surface area (Å²) < 4.78 is 20.9. The van der Waals surface area contributed by atoms with Crippen LogP contribution in [-0.2, 0) is 11.2 Å². The highest BCUT2D eigenvalue weighted by molar-refractivity contribution is 5.94. The van der Waals surface area contributed by atoms with E-state index in [-0.39, 0.29) is 23.7 Å². The first-order valence-corrected chi connectivity index (χ1v) is 14.0. The highest BCUT2D eigenvalue weighted by atomic mass is 19.1. The first kappa shape index (κ1) is 28.5. The first-order valence-electron chi connectivity index (χ1n) is 14.0. The molecule has 41 heavy (non-hydrogen) atoms. The van der Waals surface area contributed by atoms with Crippen LogP contribution >= 0.6 is 0 Å². The molecule has 2 aliphatic rings. The molecule has 3 aromatic carbocycles. The lowest BCUT2D eigenvalue weighted by Crippen LogP contribution is -2.54. The number of amides is 2. The molecule has 2 N–H and O–H groups in total. The molecule has 1 heterocycles.